The molecule has 0 radical (unpaired) electrons. The Kier molecular flexibility index (Phi) is 4.21. The maximum Gasteiger partial charge on any atom is 0.238 e. The summed E-state index contributed by atoms with van der Waals surface area (Å²) in [5, 5.41) is 2.71. The van der Waals surface area contributed by atoms with E-state index in [4.69, 9.17) is 0 Å². The zero-order valence-electron chi connectivity index (χ0n) is 13.4. The largest absolute Gasteiger partial charge is 0.326 e. The highest BCUT2D eigenvalue weighted by Crippen LogP contribution is 2.42. The summed E-state index contributed by atoms with van der Waals surface area (Å²) in [7, 11) is 0. The van der Waals surface area contributed by atoms with E-state index >= 15 is 0 Å². The second-order valence-corrected chi connectivity index (χ2v) is 7.36. The molecule has 0 spiro atoms. The van der Waals surface area contributed by atoms with Crippen LogP contribution in [0.2, 0.25) is 0 Å². The molecule has 0 bridgehead atoms. The van der Waals surface area contributed by atoms with Crippen molar-refractivity contribution >= 4 is 35.0 Å². The fraction of sp³-hybridized carbons (Fsp3) is 0.263. The van der Waals surface area contributed by atoms with E-state index in [1.54, 1.807) is 17.0 Å². The molecular formula is C19H17FN2O2S. The molecule has 1 atom stereocenters. The first-order chi connectivity index (χ1) is 12.1. The number of amides is 2. The van der Waals surface area contributed by atoms with Gasteiger partial charge in [-0.25, -0.2) is 4.39 Å². The quantitative estimate of drug-likeness (QED) is 0.902. The van der Waals surface area contributed by atoms with Crippen molar-refractivity contribution < 1.29 is 14.0 Å². The molecule has 25 heavy (non-hydrogen) atoms. The van der Waals surface area contributed by atoms with Gasteiger partial charge in [-0.3, -0.25) is 14.5 Å². The molecule has 2 fully saturated rings. The maximum atomic E-state index is 13.5. The second kappa shape index (κ2) is 6.52. The first-order valence-electron chi connectivity index (χ1n) is 8.22. The molecule has 1 heterocycles. The Labute approximate surface area is 149 Å². The van der Waals surface area contributed by atoms with Crippen LogP contribution in [0.3, 0.4) is 0 Å². The fourth-order valence-corrected chi connectivity index (χ4v) is 4.07. The lowest BCUT2D eigenvalue weighted by Gasteiger charge is -2.24. The lowest BCUT2D eigenvalue weighted by molar-refractivity contribution is -0.117. The molecule has 2 aromatic rings. The van der Waals surface area contributed by atoms with Crippen LogP contribution in [0.4, 0.5) is 15.8 Å². The summed E-state index contributed by atoms with van der Waals surface area (Å²) in [5.41, 5.74) is 2.27. The van der Waals surface area contributed by atoms with Crippen molar-refractivity contribution in [3.8, 4) is 0 Å². The van der Waals surface area contributed by atoms with E-state index < -0.39 is 0 Å². The fourth-order valence-electron chi connectivity index (χ4n) is 2.90. The molecule has 1 aliphatic heterocycles. The molecule has 1 saturated heterocycles. The lowest BCUT2D eigenvalue weighted by atomic mass is 10.1. The Morgan fingerprint density at radius 1 is 1.16 bits per heavy atom. The molecule has 0 aromatic heterocycles. The maximum absolute atomic E-state index is 13.5. The Balaban J connectivity index is 1.55. The number of benzene rings is 2. The van der Waals surface area contributed by atoms with Gasteiger partial charge in [-0.1, -0.05) is 18.2 Å². The van der Waals surface area contributed by atoms with E-state index in [1.807, 2.05) is 24.3 Å². The topological polar surface area (TPSA) is 49.4 Å². The van der Waals surface area contributed by atoms with Crippen LogP contribution in [0.5, 0.6) is 0 Å². The van der Waals surface area contributed by atoms with Crippen molar-refractivity contribution in [3.63, 3.8) is 0 Å². The van der Waals surface area contributed by atoms with E-state index in [-0.39, 0.29) is 28.9 Å². The summed E-state index contributed by atoms with van der Waals surface area (Å²) >= 11 is 1.51. The molecule has 1 N–H and O–H groups in total. The number of halogens is 1. The first-order valence-corrected chi connectivity index (χ1v) is 9.27. The van der Waals surface area contributed by atoms with Crippen molar-refractivity contribution in [2.45, 2.75) is 18.2 Å². The van der Waals surface area contributed by atoms with Crippen molar-refractivity contribution in [1.82, 2.24) is 0 Å². The van der Waals surface area contributed by atoms with E-state index in [2.05, 4.69) is 5.32 Å². The average Bonchev–Trinajstić information content (AvgIpc) is 3.38. The second-order valence-electron chi connectivity index (χ2n) is 6.29. The average molecular weight is 356 g/mol. The van der Waals surface area contributed by atoms with Gasteiger partial charge >= 0.3 is 0 Å². The molecule has 4 nitrogen and oxygen atoms in total. The van der Waals surface area contributed by atoms with Crippen LogP contribution in [-0.2, 0) is 9.59 Å². The summed E-state index contributed by atoms with van der Waals surface area (Å²) in [6.07, 6.45) is 1.93. The molecule has 2 amide bonds. The third kappa shape index (κ3) is 3.39. The van der Waals surface area contributed by atoms with Gasteiger partial charge in [-0.05, 0) is 48.7 Å². The van der Waals surface area contributed by atoms with Crippen LogP contribution in [0.25, 0.3) is 0 Å². The van der Waals surface area contributed by atoms with Crippen molar-refractivity contribution in [2.24, 2.45) is 5.92 Å². The number of hydrogen-bond donors (Lipinski definition) is 1. The number of carbonyl (C=O) groups is 2. The number of thioether (sulfide) groups is 1. The number of hydrogen-bond acceptors (Lipinski definition) is 3. The molecule has 4 rings (SSSR count). The summed E-state index contributed by atoms with van der Waals surface area (Å²) in [4.78, 5) is 25.7. The van der Waals surface area contributed by atoms with Crippen LogP contribution in [0.1, 0.15) is 23.8 Å². The number of carbonyl (C=O) groups excluding carboxylic acids is 2. The van der Waals surface area contributed by atoms with Crippen molar-refractivity contribution in [1.29, 1.82) is 0 Å². The van der Waals surface area contributed by atoms with Crippen LogP contribution >= 0.6 is 11.8 Å². The SMILES string of the molecule is O=C(Nc1ccc(C2SCC(=O)N2c2cccc(F)c2)cc1)C1CC1. The zero-order chi connectivity index (χ0) is 17.4. The predicted octanol–water partition coefficient (Wildman–Crippen LogP) is 3.95. The van der Waals surface area contributed by atoms with E-state index in [0.717, 1.165) is 24.1 Å². The Hall–Kier alpha value is -2.34. The van der Waals surface area contributed by atoms with Crippen molar-refractivity contribution in [2.75, 3.05) is 16.0 Å². The Bertz CT molecular complexity index is 820. The first kappa shape index (κ1) is 16.1. The van der Waals surface area contributed by atoms with Crippen molar-refractivity contribution in [3.05, 3.63) is 59.9 Å². The molecule has 2 aromatic carbocycles. The lowest BCUT2D eigenvalue weighted by Crippen LogP contribution is -2.27. The minimum atomic E-state index is -0.362. The van der Waals surface area contributed by atoms with E-state index in [0.29, 0.717) is 11.4 Å². The summed E-state index contributed by atoms with van der Waals surface area (Å²) < 4.78 is 13.5. The van der Waals surface area contributed by atoms with E-state index in [9.17, 15) is 14.0 Å². The van der Waals surface area contributed by atoms with Gasteiger partial charge in [0, 0.05) is 17.3 Å². The third-order valence-corrected chi connectivity index (χ3v) is 5.58. The Morgan fingerprint density at radius 3 is 2.60 bits per heavy atom. The monoisotopic (exact) mass is 356 g/mol. The number of anilines is 2. The predicted molar refractivity (Wildman–Crippen MR) is 96.9 cm³/mol. The van der Waals surface area contributed by atoms with Crippen LogP contribution in [0, 0.1) is 11.7 Å². The van der Waals surface area contributed by atoms with Gasteiger partial charge < -0.3 is 5.32 Å². The molecule has 2 aliphatic rings. The third-order valence-electron chi connectivity index (χ3n) is 4.37. The Morgan fingerprint density at radius 2 is 1.92 bits per heavy atom. The van der Waals surface area contributed by atoms with Gasteiger partial charge in [0.25, 0.3) is 0 Å². The molecule has 6 heteroatoms. The van der Waals surface area contributed by atoms with Gasteiger partial charge in [0.15, 0.2) is 0 Å². The summed E-state index contributed by atoms with van der Waals surface area (Å²) in [5.74, 6) is 0.193. The van der Waals surface area contributed by atoms with Gasteiger partial charge in [-0.15, -0.1) is 11.8 Å². The minimum Gasteiger partial charge on any atom is -0.326 e. The molecule has 1 unspecified atom stereocenters. The summed E-state index contributed by atoms with van der Waals surface area (Å²) in [6.45, 7) is 0. The normalized spacial score (nSPS) is 20.0. The molecule has 1 aliphatic carbocycles. The molecule has 1 saturated carbocycles. The smallest absolute Gasteiger partial charge is 0.238 e. The van der Waals surface area contributed by atoms with Crippen LogP contribution in [0.15, 0.2) is 48.5 Å². The standard InChI is InChI=1S/C19H17FN2O2S/c20-14-2-1-3-16(10-14)22-17(23)11-25-19(22)13-6-8-15(9-7-13)21-18(24)12-4-5-12/h1-3,6-10,12,19H,4-5,11H2,(H,21,24). The van der Waals surface area contributed by atoms with Gasteiger partial charge in [-0.2, -0.15) is 0 Å². The highest BCUT2D eigenvalue weighted by molar-refractivity contribution is 8.00. The van der Waals surface area contributed by atoms with Gasteiger partial charge in [0.1, 0.15) is 11.2 Å². The zero-order valence-corrected chi connectivity index (χ0v) is 14.3. The minimum absolute atomic E-state index is 0.0355. The highest BCUT2D eigenvalue weighted by Gasteiger charge is 2.34. The van der Waals surface area contributed by atoms with E-state index in [1.165, 1.54) is 23.9 Å². The summed E-state index contributed by atoms with van der Waals surface area (Å²) in [6, 6.07) is 13.6. The van der Waals surface area contributed by atoms with Gasteiger partial charge in [0.2, 0.25) is 11.8 Å². The van der Waals surface area contributed by atoms with Gasteiger partial charge in [0.05, 0.1) is 5.75 Å². The molecule has 128 valence electrons. The number of nitrogens with zero attached hydrogens (tertiary/aromatic N) is 1. The highest BCUT2D eigenvalue weighted by atomic mass is 32.2. The molecular weight excluding hydrogens is 339 g/mol. The van der Waals surface area contributed by atoms with Crippen LogP contribution in [-0.4, -0.2) is 17.6 Å². The number of nitrogens with one attached hydrogen (secondary N) is 1. The van der Waals surface area contributed by atoms with Crippen LogP contribution < -0.4 is 10.2 Å². The number of rotatable bonds is 4.